The van der Waals surface area contributed by atoms with E-state index in [2.05, 4.69) is 0 Å². The van der Waals surface area contributed by atoms with Crippen molar-refractivity contribution in [3.63, 3.8) is 0 Å². The maximum Gasteiger partial charge on any atom is 0.100 e. The summed E-state index contributed by atoms with van der Waals surface area (Å²) >= 11 is 0. The van der Waals surface area contributed by atoms with E-state index in [0.717, 1.165) is 12.8 Å². The normalized spacial score (nSPS) is 21.0. The molecular weight excluding hydrogens is 67.0 g/mol. The average Bonchev–Trinajstić information content (AvgIpc) is 1.75. The third-order valence-corrected chi connectivity index (χ3v) is 0.507. The fourth-order valence-electron chi connectivity index (χ4n) is 0.0630. The minimum absolute atomic E-state index is 0. The second-order valence-corrected chi connectivity index (χ2v) is 1.17. The van der Waals surface area contributed by atoms with Crippen LogP contribution in [0.5, 0.6) is 0 Å². The monoisotopic (exact) mass is 76.1 g/mol. The standard InChI is InChI=1S/C3H5F.CH4/c4-3-1-2-3;/h3H,1-2H2;1H4. The van der Waals surface area contributed by atoms with Gasteiger partial charge < -0.3 is 0 Å². The van der Waals surface area contributed by atoms with Crippen LogP contribution in [-0.2, 0) is 0 Å². The van der Waals surface area contributed by atoms with Crippen molar-refractivity contribution in [1.82, 2.24) is 0 Å². The molecule has 1 heteroatoms. The molecule has 0 nitrogen and oxygen atoms in total. The van der Waals surface area contributed by atoms with Gasteiger partial charge in [0.05, 0.1) is 0 Å². The van der Waals surface area contributed by atoms with Gasteiger partial charge in [0.2, 0.25) is 0 Å². The Morgan fingerprint density at radius 1 is 1.40 bits per heavy atom. The Hall–Kier alpha value is -0.0700. The van der Waals surface area contributed by atoms with Gasteiger partial charge in [-0.05, 0) is 12.8 Å². The molecule has 0 radical (unpaired) electrons. The maximum absolute atomic E-state index is 11.1. The maximum atomic E-state index is 11.1. The van der Waals surface area contributed by atoms with E-state index in [1.165, 1.54) is 0 Å². The fraction of sp³-hybridized carbons (Fsp3) is 1.00. The molecule has 0 aromatic heterocycles. The van der Waals surface area contributed by atoms with Crippen LogP contribution in [-0.4, -0.2) is 6.17 Å². The molecule has 0 bridgehead atoms. The molecule has 1 aliphatic rings. The van der Waals surface area contributed by atoms with Gasteiger partial charge in [0.25, 0.3) is 0 Å². The van der Waals surface area contributed by atoms with Crippen LogP contribution in [0.4, 0.5) is 4.39 Å². The molecule has 0 N–H and O–H groups in total. The van der Waals surface area contributed by atoms with E-state index in [0.29, 0.717) is 0 Å². The van der Waals surface area contributed by atoms with Crippen LogP contribution in [0.15, 0.2) is 0 Å². The molecule has 1 saturated carbocycles. The molecule has 0 unspecified atom stereocenters. The number of hydrogen-bond donors (Lipinski definition) is 0. The van der Waals surface area contributed by atoms with Gasteiger partial charge in [-0.15, -0.1) is 0 Å². The number of hydrogen-bond acceptors (Lipinski definition) is 0. The lowest BCUT2D eigenvalue weighted by atomic mass is 10.9. The first-order valence-electron chi connectivity index (χ1n) is 1.53. The van der Waals surface area contributed by atoms with Crippen molar-refractivity contribution >= 4 is 0 Å². The van der Waals surface area contributed by atoms with Gasteiger partial charge in [0.1, 0.15) is 6.17 Å². The van der Waals surface area contributed by atoms with E-state index in [9.17, 15) is 4.39 Å². The Labute approximate surface area is 32.0 Å². The van der Waals surface area contributed by atoms with Crippen LogP contribution >= 0.6 is 0 Å². The first-order valence-corrected chi connectivity index (χ1v) is 1.53. The summed E-state index contributed by atoms with van der Waals surface area (Å²) in [4.78, 5) is 0. The molecule has 1 fully saturated rings. The molecule has 0 heterocycles. The van der Waals surface area contributed by atoms with Crippen LogP contribution < -0.4 is 0 Å². The molecular formula is C4H9F. The summed E-state index contributed by atoms with van der Waals surface area (Å²) in [5, 5.41) is 0. The van der Waals surface area contributed by atoms with Gasteiger partial charge in [0.15, 0.2) is 0 Å². The van der Waals surface area contributed by atoms with Crippen molar-refractivity contribution in [3.05, 3.63) is 0 Å². The first kappa shape index (κ1) is 4.93. The highest BCUT2D eigenvalue weighted by atomic mass is 19.1. The van der Waals surface area contributed by atoms with Crippen molar-refractivity contribution in [1.29, 1.82) is 0 Å². The molecule has 1 rings (SSSR count). The number of halogens is 1. The third kappa shape index (κ3) is 1.71. The number of alkyl halides is 1. The minimum atomic E-state index is -0.417. The minimum Gasteiger partial charge on any atom is -0.247 e. The average molecular weight is 76.1 g/mol. The highest BCUT2D eigenvalue weighted by Gasteiger charge is 2.18. The summed E-state index contributed by atoms with van der Waals surface area (Å²) < 4.78 is 11.1. The zero-order valence-corrected chi connectivity index (χ0v) is 2.37. The van der Waals surface area contributed by atoms with Crippen molar-refractivity contribution < 1.29 is 4.39 Å². The van der Waals surface area contributed by atoms with Crippen LogP contribution in [0.25, 0.3) is 0 Å². The SMILES string of the molecule is C.FC1CC1. The second kappa shape index (κ2) is 1.39. The van der Waals surface area contributed by atoms with Crippen molar-refractivity contribution in [2.75, 3.05) is 0 Å². The Kier molecular flexibility index (Phi) is 1.37. The summed E-state index contributed by atoms with van der Waals surface area (Å²) in [6.07, 6.45) is 1.22. The van der Waals surface area contributed by atoms with Gasteiger partial charge in [-0.3, -0.25) is 0 Å². The van der Waals surface area contributed by atoms with Crippen LogP contribution in [0.1, 0.15) is 20.3 Å². The largest absolute Gasteiger partial charge is 0.247 e. The molecule has 0 saturated heterocycles. The van der Waals surface area contributed by atoms with Gasteiger partial charge in [-0.2, -0.15) is 0 Å². The first-order chi connectivity index (χ1) is 1.89. The van der Waals surface area contributed by atoms with Crippen molar-refractivity contribution in [3.8, 4) is 0 Å². The molecule has 0 aliphatic heterocycles. The van der Waals surface area contributed by atoms with Gasteiger partial charge in [0, 0.05) is 0 Å². The Bertz CT molecular complexity index is 22.8. The Morgan fingerprint density at radius 2 is 1.60 bits per heavy atom. The lowest BCUT2D eigenvalue weighted by Gasteiger charge is -1.50. The van der Waals surface area contributed by atoms with E-state index in [1.54, 1.807) is 0 Å². The molecule has 0 amide bonds. The molecule has 0 aromatic carbocycles. The van der Waals surface area contributed by atoms with E-state index in [-0.39, 0.29) is 7.43 Å². The lowest BCUT2D eigenvalue weighted by molar-refractivity contribution is 0.480. The third-order valence-electron chi connectivity index (χ3n) is 0.507. The Balaban J connectivity index is 0.000000160. The van der Waals surface area contributed by atoms with E-state index >= 15 is 0 Å². The predicted molar refractivity (Wildman–Crippen MR) is 20.9 cm³/mol. The smallest absolute Gasteiger partial charge is 0.100 e. The van der Waals surface area contributed by atoms with E-state index < -0.39 is 6.17 Å². The topological polar surface area (TPSA) is 0 Å². The molecule has 1 aliphatic carbocycles. The zero-order valence-electron chi connectivity index (χ0n) is 2.37. The van der Waals surface area contributed by atoms with Gasteiger partial charge >= 0.3 is 0 Å². The summed E-state index contributed by atoms with van der Waals surface area (Å²) in [5.41, 5.74) is 0. The fourth-order valence-corrected chi connectivity index (χ4v) is 0.0630. The van der Waals surface area contributed by atoms with Gasteiger partial charge in [-0.25, -0.2) is 4.39 Å². The number of rotatable bonds is 0. The molecule has 0 atom stereocenters. The molecule has 32 valence electrons. The summed E-state index contributed by atoms with van der Waals surface area (Å²) in [6, 6.07) is 0. The molecule has 0 aromatic rings. The highest BCUT2D eigenvalue weighted by molar-refractivity contribution is 4.69. The van der Waals surface area contributed by atoms with Gasteiger partial charge in [-0.1, -0.05) is 7.43 Å². The summed E-state index contributed by atoms with van der Waals surface area (Å²) in [5.74, 6) is 0. The van der Waals surface area contributed by atoms with Crippen LogP contribution in [0.2, 0.25) is 0 Å². The predicted octanol–water partition coefficient (Wildman–Crippen LogP) is 1.75. The molecule has 5 heavy (non-hydrogen) atoms. The van der Waals surface area contributed by atoms with E-state index in [4.69, 9.17) is 0 Å². The second-order valence-electron chi connectivity index (χ2n) is 1.17. The van der Waals surface area contributed by atoms with Crippen LogP contribution in [0, 0.1) is 0 Å². The lowest BCUT2D eigenvalue weighted by Crippen LogP contribution is -1.49. The van der Waals surface area contributed by atoms with E-state index in [1.807, 2.05) is 0 Å². The quantitative estimate of drug-likeness (QED) is 0.412. The van der Waals surface area contributed by atoms with Crippen molar-refractivity contribution in [2.24, 2.45) is 0 Å². The Morgan fingerprint density at radius 3 is 1.60 bits per heavy atom. The highest BCUT2D eigenvalue weighted by Crippen LogP contribution is 2.22. The van der Waals surface area contributed by atoms with Crippen molar-refractivity contribution in [2.45, 2.75) is 26.4 Å². The molecule has 0 spiro atoms. The zero-order chi connectivity index (χ0) is 2.99. The summed E-state index contributed by atoms with van der Waals surface area (Å²) in [7, 11) is 0. The summed E-state index contributed by atoms with van der Waals surface area (Å²) in [6.45, 7) is 0. The van der Waals surface area contributed by atoms with Crippen LogP contribution in [0.3, 0.4) is 0 Å².